The molecule has 3 heterocycles. The molecule has 5 heteroatoms. The zero-order chi connectivity index (χ0) is 15.8. The lowest BCUT2D eigenvalue weighted by atomic mass is 9.94. The molecule has 0 saturated heterocycles. The van der Waals surface area contributed by atoms with Crippen molar-refractivity contribution in [3.05, 3.63) is 58.9 Å². The first-order valence-electron chi connectivity index (χ1n) is 7.79. The fourth-order valence-electron chi connectivity index (χ4n) is 3.16. The van der Waals surface area contributed by atoms with E-state index in [-0.39, 0.29) is 5.91 Å². The Bertz CT molecular complexity index is 897. The van der Waals surface area contributed by atoms with Gasteiger partial charge in [0.25, 0.3) is 5.91 Å². The number of aromatic amines is 1. The number of hydrogen-bond donors (Lipinski definition) is 3. The molecule has 0 spiro atoms. The number of hydrogen-bond acceptors (Lipinski definition) is 3. The highest BCUT2D eigenvalue weighted by Gasteiger charge is 2.16. The summed E-state index contributed by atoms with van der Waals surface area (Å²) < 4.78 is 0. The Hall–Kier alpha value is -2.66. The van der Waals surface area contributed by atoms with E-state index in [0.717, 1.165) is 47.4 Å². The second-order valence-corrected chi connectivity index (χ2v) is 5.92. The summed E-state index contributed by atoms with van der Waals surface area (Å²) in [5.41, 5.74) is 5.86. The Balaban J connectivity index is 1.68. The van der Waals surface area contributed by atoms with E-state index in [1.54, 1.807) is 6.20 Å². The first-order valence-corrected chi connectivity index (χ1v) is 7.79. The average Bonchev–Trinajstić information content (AvgIpc) is 3.04. The maximum absolute atomic E-state index is 12.7. The van der Waals surface area contributed by atoms with Gasteiger partial charge < -0.3 is 15.6 Å². The quantitative estimate of drug-likeness (QED) is 0.682. The third-order valence-corrected chi connectivity index (χ3v) is 4.39. The highest BCUT2D eigenvalue weighted by Crippen LogP contribution is 2.23. The third kappa shape index (κ3) is 2.49. The van der Waals surface area contributed by atoms with Crippen LogP contribution in [0.2, 0.25) is 0 Å². The Labute approximate surface area is 134 Å². The number of nitrogens with one attached hydrogen (secondary N) is 3. The van der Waals surface area contributed by atoms with Crippen LogP contribution in [0.3, 0.4) is 0 Å². The van der Waals surface area contributed by atoms with Crippen LogP contribution in [0.15, 0.2) is 36.7 Å². The van der Waals surface area contributed by atoms with Crippen LogP contribution in [0.25, 0.3) is 11.0 Å². The van der Waals surface area contributed by atoms with Gasteiger partial charge in [-0.15, -0.1) is 0 Å². The fourth-order valence-corrected chi connectivity index (χ4v) is 3.16. The van der Waals surface area contributed by atoms with E-state index < -0.39 is 0 Å². The van der Waals surface area contributed by atoms with Crippen LogP contribution in [0.1, 0.15) is 27.0 Å². The molecule has 0 bridgehead atoms. The Morgan fingerprint density at radius 2 is 2.17 bits per heavy atom. The summed E-state index contributed by atoms with van der Waals surface area (Å²) >= 11 is 0. The van der Waals surface area contributed by atoms with Crippen molar-refractivity contribution in [1.82, 2.24) is 15.3 Å². The summed E-state index contributed by atoms with van der Waals surface area (Å²) in [5, 5.41) is 7.30. The smallest absolute Gasteiger partial charge is 0.255 e. The van der Waals surface area contributed by atoms with Crippen LogP contribution in [0.5, 0.6) is 0 Å². The van der Waals surface area contributed by atoms with E-state index in [2.05, 4.69) is 26.7 Å². The highest BCUT2D eigenvalue weighted by atomic mass is 16.1. The molecule has 0 unspecified atom stereocenters. The number of fused-ring (bicyclic) bond motifs is 2. The molecular formula is C18H18N4O. The number of rotatable bonds is 2. The van der Waals surface area contributed by atoms with Gasteiger partial charge in [-0.2, -0.15) is 0 Å². The summed E-state index contributed by atoms with van der Waals surface area (Å²) in [6.07, 6.45) is 4.48. The minimum Gasteiger partial charge on any atom is -0.346 e. The summed E-state index contributed by atoms with van der Waals surface area (Å²) in [6, 6.07) is 7.90. The second-order valence-electron chi connectivity index (χ2n) is 5.92. The van der Waals surface area contributed by atoms with Crippen molar-refractivity contribution in [3.8, 4) is 0 Å². The molecule has 1 amide bonds. The first kappa shape index (κ1) is 14.0. The van der Waals surface area contributed by atoms with Crippen LogP contribution in [-0.4, -0.2) is 22.4 Å². The van der Waals surface area contributed by atoms with Crippen LogP contribution in [0.4, 0.5) is 5.69 Å². The van der Waals surface area contributed by atoms with Crippen molar-refractivity contribution in [2.24, 2.45) is 0 Å². The van der Waals surface area contributed by atoms with Crippen molar-refractivity contribution in [2.45, 2.75) is 19.9 Å². The molecule has 0 atom stereocenters. The average molecular weight is 306 g/mol. The van der Waals surface area contributed by atoms with Crippen LogP contribution in [-0.2, 0) is 13.0 Å². The van der Waals surface area contributed by atoms with E-state index in [9.17, 15) is 4.79 Å². The third-order valence-electron chi connectivity index (χ3n) is 4.39. The molecule has 1 aliphatic heterocycles. The summed E-state index contributed by atoms with van der Waals surface area (Å²) in [6.45, 7) is 3.83. The molecule has 116 valence electrons. The highest BCUT2D eigenvalue weighted by molar-refractivity contribution is 6.09. The van der Waals surface area contributed by atoms with Crippen LogP contribution < -0.4 is 10.6 Å². The number of nitrogens with zero attached hydrogens (tertiary/aromatic N) is 1. The molecule has 0 radical (unpaired) electrons. The minimum atomic E-state index is -0.0717. The molecule has 5 nitrogen and oxygen atoms in total. The van der Waals surface area contributed by atoms with Gasteiger partial charge in [0.15, 0.2) is 0 Å². The zero-order valence-electron chi connectivity index (χ0n) is 12.9. The van der Waals surface area contributed by atoms with Crippen molar-refractivity contribution < 1.29 is 4.79 Å². The summed E-state index contributed by atoms with van der Waals surface area (Å²) in [4.78, 5) is 20.0. The molecule has 0 aliphatic carbocycles. The van der Waals surface area contributed by atoms with Gasteiger partial charge in [-0.25, -0.2) is 4.98 Å². The number of carbonyl (C=O) groups excluding carboxylic acids is 1. The number of carbonyl (C=O) groups is 1. The largest absolute Gasteiger partial charge is 0.346 e. The predicted molar refractivity (Wildman–Crippen MR) is 90.6 cm³/mol. The van der Waals surface area contributed by atoms with Gasteiger partial charge in [0.2, 0.25) is 0 Å². The molecular weight excluding hydrogens is 288 g/mol. The molecule has 2 aromatic heterocycles. The van der Waals surface area contributed by atoms with Gasteiger partial charge in [0, 0.05) is 29.9 Å². The number of aryl methyl sites for hydroxylation is 1. The monoisotopic (exact) mass is 306 g/mol. The fraction of sp³-hybridized carbons (Fsp3) is 0.222. The molecule has 1 aliphatic rings. The number of amides is 1. The van der Waals surface area contributed by atoms with E-state index in [1.165, 1.54) is 11.1 Å². The van der Waals surface area contributed by atoms with E-state index in [0.29, 0.717) is 0 Å². The van der Waals surface area contributed by atoms with Crippen LogP contribution in [0, 0.1) is 6.92 Å². The van der Waals surface area contributed by atoms with Gasteiger partial charge in [0.1, 0.15) is 5.65 Å². The number of anilines is 1. The number of benzene rings is 1. The van der Waals surface area contributed by atoms with Gasteiger partial charge in [-0.05, 0) is 54.8 Å². The predicted octanol–water partition coefficient (Wildman–Crippen LogP) is 2.77. The van der Waals surface area contributed by atoms with Gasteiger partial charge in [-0.3, -0.25) is 4.79 Å². The lowest BCUT2D eigenvalue weighted by Crippen LogP contribution is -2.25. The van der Waals surface area contributed by atoms with Crippen molar-refractivity contribution >= 4 is 22.6 Å². The molecule has 23 heavy (non-hydrogen) atoms. The topological polar surface area (TPSA) is 69.8 Å². The second kappa shape index (κ2) is 5.52. The molecule has 1 aromatic carbocycles. The Morgan fingerprint density at radius 1 is 1.26 bits per heavy atom. The zero-order valence-corrected chi connectivity index (χ0v) is 12.9. The maximum atomic E-state index is 12.7. The normalized spacial score (nSPS) is 13.8. The molecule has 4 rings (SSSR count). The van der Waals surface area contributed by atoms with Crippen molar-refractivity contribution in [1.29, 1.82) is 0 Å². The first-order chi connectivity index (χ1) is 11.2. The Morgan fingerprint density at radius 3 is 3.09 bits per heavy atom. The summed E-state index contributed by atoms with van der Waals surface area (Å²) in [7, 11) is 0. The van der Waals surface area contributed by atoms with Crippen molar-refractivity contribution in [3.63, 3.8) is 0 Å². The van der Waals surface area contributed by atoms with Gasteiger partial charge >= 0.3 is 0 Å². The number of H-pyrrole nitrogens is 1. The molecule has 3 N–H and O–H groups in total. The number of aromatic nitrogens is 2. The summed E-state index contributed by atoms with van der Waals surface area (Å²) in [5.74, 6) is -0.0717. The lowest BCUT2D eigenvalue weighted by Gasteiger charge is -2.19. The van der Waals surface area contributed by atoms with E-state index >= 15 is 0 Å². The molecule has 3 aromatic rings. The van der Waals surface area contributed by atoms with Crippen molar-refractivity contribution in [2.75, 3.05) is 11.9 Å². The standard InChI is InChI=1S/C18H18N4O/c1-11-8-13-10-19-5-2-12(13)9-15(11)18(23)22-16-4-7-21-17-14(16)3-6-20-17/h3-4,6-9,19H,2,5,10H2,1H3,(H2,20,21,22,23). The molecule has 0 fully saturated rings. The van der Waals surface area contributed by atoms with Gasteiger partial charge in [-0.1, -0.05) is 6.07 Å². The van der Waals surface area contributed by atoms with Gasteiger partial charge in [0.05, 0.1) is 5.69 Å². The molecule has 0 saturated carbocycles. The van der Waals surface area contributed by atoms with Crippen LogP contribution >= 0.6 is 0 Å². The minimum absolute atomic E-state index is 0.0717. The van der Waals surface area contributed by atoms with E-state index in [1.807, 2.05) is 31.3 Å². The number of pyridine rings is 1. The Kier molecular flexibility index (Phi) is 3.35. The maximum Gasteiger partial charge on any atom is 0.255 e. The lowest BCUT2D eigenvalue weighted by molar-refractivity contribution is 0.102. The van der Waals surface area contributed by atoms with E-state index in [4.69, 9.17) is 0 Å². The SMILES string of the molecule is Cc1cc2c(cc1C(=O)Nc1ccnc3[nH]ccc13)CCNC2.